The number of halogens is 2. The Balaban J connectivity index is 2.12. The van der Waals surface area contributed by atoms with E-state index in [9.17, 15) is 4.79 Å². The number of hydrogen-bond donors (Lipinski definition) is 0. The normalized spacial score (nSPS) is 10.7. The van der Waals surface area contributed by atoms with Crippen molar-refractivity contribution in [1.29, 1.82) is 0 Å². The molecule has 0 N–H and O–H groups in total. The predicted octanol–water partition coefficient (Wildman–Crippen LogP) is 4.94. The summed E-state index contributed by atoms with van der Waals surface area (Å²) in [7, 11) is 0. The Kier molecular flexibility index (Phi) is 3.87. The van der Waals surface area contributed by atoms with Crippen LogP contribution in [0.3, 0.4) is 0 Å². The number of thiophene rings is 1. The van der Waals surface area contributed by atoms with E-state index in [2.05, 4.69) is 37.0 Å². The summed E-state index contributed by atoms with van der Waals surface area (Å²) < 4.78 is 3.67. The molecule has 3 aromatic rings. The van der Waals surface area contributed by atoms with Crippen molar-refractivity contribution in [3.05, 3.63) is 55.7 Å². The summed E-state index contributed by atoms with van der Waals surface area (Å²) >= 11 is 8.45. The Morgan fingerprint density at radius 3 is 2.50 bits per heavy atom. The molecule has 0 bridgehead atoms. The first kappa shape index (κ1) is 13.7. The number of hydrogen-bond acceptors (Lipinski definition) is 3. The standard InChI is InChI=1S/C14H8Br2N2OS/c15-10-1-3-11(4-2-10)18-5-9(6-19)14(17-18)12-7-20-8-13(12)16/h1-8H. The van der Waals surface area contributed by atoms with Crippen molar-refractivity contribution in [3.8, 4) is 16.9 Å². The molecule has 0 fully saturated rings. The van der Waals surface area contributed by atoms with Crippen LogP contribution in [0.1, 0.15) is 10.4 Å². The second kappa shape index (κ2) is 5.63. The summed E-state index contributed by atoms with van der Waals surface area (Å²) in [5, 5.41) is 8.48. The topological polar surface area (TPSA) is 34.9 Å². The Labute approximate surface area is 136 Å². The molecule has 0 aliphatic rings. The van der Waals surface area contributed by atoms with E-state index in [4.69, 9.17) is 0 Å². The second-order valence-corrected chi connectivity index (χ2v) is 6.62. The first-order valence-electron chi connectivity index (χ1n) is 5.72. The van der Waals surface area contributed by atoms with E-state index in [0.717, 1.165) is 26.5 Å². The van der Waals surface area contributed by atoms with E-state index < -0.39 is 0 Å². The summed E-state index contributed by atoms with van der Waals surface area (Å²) in [4.78, 5) is 11.3. The number of rotatable bonds is 3. The fourth-order valence-electron chi connectivity index (χ4n) is 1.86. The van der Waals surface area contributed by atoms with Crippen molar-refractivity contribution in [1.82, 2.24) is 9.78 Å². The molecule has 20 heavy (non-hydrogen) atoms. The average molecular weight is 412 g/mol. The molecule has 0 spiro atoms. The van der Waals surface area contributed by atoms with Crippen LogP contribution in [0.4, 0.5) is 0 Å². The first-order chi connectivity index (χ1) is 9.69. The number of carbonyl (C=O) groups excluding carboxylic acids is 1. The molecule has 100 valence electrons. The SMILES string of the molecule is O=Cc1cn(-c2ccc(Br)cc2)nc1-c1cscc1Br. The van der Waals surface area contributed by atoms with Gasteiger partial charge in [-0.2, -0.15) is 16.4 Å². The van der Waals surface area contributed by atoms with Crippen LogP contribution in [-0.4, -0.2) is 16.1 Å². The van der Waals surface area contributed by atoms with Crippen LogP contribution in [0.15, 0.2) is 50.2 Å². The van der Waals surface area contributed by atoms with Gasteiger partial charge in [-0.25, -0.2) is 4.68 Å². The zero-order chi connectivity index (χ0) is 14.1. The molecule has 0 aliphatic heterocycles. The summed E-state index contributed by atoms with van der Waals surface area (Å²) in [6.45, 7) is 0. The van der Waals surface area contributed by atoms with Crippen LogP contribution in [0.25, 0.3) is 16.9 Å². The van der Waals surface area contributed by atoms with E-state index in [1.54, 1.807) is 22.2 Å². The molecular weight excluding hydrogens is 404 g/mol. The molecule has 2 aromatic heterocycles. The van der Waals surface area contributed by atoms with Crippen molar-refractivity contribution in [3.63, 3.8) is 0 Å². The van der Waals surface area contributed by atoms with E-state index in [1.807, 2.05) is 35.0 Å². The van der Waals surface area contributed by atoms with Crippen molar-refractivity contribution in [2.75, 3.05) is 0 Å². The third-order valence-electron chi connectivity index (χ3n) is 2.83. The van der Waals surface area contributed by atoms with Crippen molar-refractivity contribution >= 4 is 49.5 Å². The fraction of sp³-hybridized carbons (Fsp3) is 0. The monoisotopic (exact) mass is 410 g/mol. The van der Waals surface area contributed by atoms with Crippen LogP contribution in [0, 0.1) is 0 Å². The molecule has 0 amide bonds. The summed E-state index contributed by atoms with van der Waals surface area (Å²) in [5.41, 5.74) is 3.12. The van der Waals surface area contributed by atoms with Crippen LogP contribution < -0.4 is 0 Å². The lowest BCUT2D eigenvalue weighted by atomic mass is 10.2. The minimum absolute atomic E-state index is 0.576. The van der Waals surface area contributed by atoms with Gasteiger partial charge in [0.05, 0.1) is 11.3 Å². The van der Waals surface area contributed by atoms with Gasteiger partial charge in [0, 0.05) is 31.5 Å². The van der Waals surface area contributed by atoms with Crippen LogP contribution >= 0.6 is 43.2 Å². The first-order valence-corrected chi connectivity index (χ1v) is 8.25. The predicted molar refractivity (Wildman–Crippen MR) is 87.7 cm³/mol. The van der Waals surface area contributed by atoms with Crippen molar-refractivity contribution in [2.45, 2.75) is 0 Å². The van der Waals surface area contributed by atoms with Crippen LogP contribution in [0.5, 0.6) is 0 Å². The molecule has 0 aliphatic carbocycles. The number of aldehydes is 1. The number of nitrogens with zero attached hydrogens (tertiary/aromatic N) is 2. The Morgan fingerprint density at radius 2 is 1.90 bits per heavy atom. The van der Waals surface area contributed by atoms with Gasteiger partial charge in [-0.15, -0.1) is 0 Å². The zero-order valence-electron chi connectivity index (χ0n) is 10.1. The Bertz CT molecular complexity index is 762. The van der Waals surface area contributed by atoms with Gasteiger partial charge < -0.3 is 0 Å². The molecule has 0 atom stereocenters. The largest absolute Gasteiger partial charge is 0.298 e. The quantitative estimate of drug-likeness (QED) is 0.572. The molecule has 0 radical (unpaired) electrons. The Morgan fingerprint density at radius 1 is 1.15 bits per heavy atom. The van der Waals surface area contributed by atoms with E-state index in [-0.39, 0.29) is 0 Å². The molecule has 6 heteroatoms. The highest BCUT2D eigenvalue weighted by atomic mass is 79.9. The van der Waals surface area contributed by atoms with Gasteiger partial charge in [-0.3, -0.25) is 4.79 Å². The van der Waals surface area contributed by atoms with Crippen LogP contribution in [-0.2, 0) is 0 Å². The summed E-state index contributed by atoms with van der Waals surface area (Å²) in [6, 6.07) is 7.77. The maximum atomic E-state index is 11.3. The zero-order valence-corrected chi connectivity index (χ0v) is 14.1. The third kappa shape index (κ3) is 2.51. The highest BCUT2D eigenvalue weighted by molar-refractivity contribution is 9.10. The maximum Gasteiger partial charge on any atom is 0.153 e. The highest BCUT2D eigenvalue weighted by Gasteiger charge is 2.14. The fourth-order valence-corrected chi connectivity index (χ4v) is 3.59. The van der Waals surface area contributed by atoms with Gasteiger partial charge in [0.1, 0.15) is 5.69 Å². The number of benzene rings is 1. The lowest BCUT2D eigenvalue weighted by molar-refractivity contribution is 0.112. The molecule has 3 nitrogen and oxygen atoms in total. The van der Waals surface area contributed by atoms with Gasteiger partial charge in [-0.1, -0.05) is 15.9 Å². The van der Waals surface area contributed by atoms with E-state index >= 15 is 0 Å². The molecule has 1 aromatic carbocycles. The minimum atomic E-state index is 0.576. The van der Waals surface area contributed by atoms with Crippen LogP contribution in [0.2, 0.25) is 0 Å². The second-order valence-electron chi connectivity index (χ2n) is 4.11. The number of aromatic nitrogens is 2. The smallest absolute Gasteiger partial charge is 0.153 e. The molecular formula is C14H8Br2N2OS. The van der Waals surface area contributed by atoms with Gasteiger partial charge in [0.15, 0.2) is 6.29 Å². The number of carbonyl (C=O) groups is 1. The minimum Gasteiger partial charge on any atom is -0.298 e. The molecule has 0 saturated carbocycles. The van der Waals surface area contributed by atoms with Gasteiger partial charge in [0.2, 0.25) is 0 Å². The summed E-state index contributed by atoms with van der Waals surface area (Å²) in [5.74, 6) is 0. The molecule has 0 unspecified atom stereocenters. The maximum absolute atomic E-state index is 11.3. The third-order valence-corrected chi connectivity index (χ3v) is 5.06. The van der Waals surface area contributed by atoms with Crippen molar-refractivity contribution in [2.24, 2.45) is 0 Å². The molecule has 0 saturated heterocycles. The van der Waals surface area contributed by atoms with Crippen molar-refractivity contribution < 1.29 is 4.79 Å². The lowest BCUT2D eigenvalue weighted by Gasteiger charge is -2.00. The highest BCUT2D eigenvalue weighted by Crippen LogP contribution is 2.32. The molecule has 3 rings (SSSR count). The van der Waals surface area contributed by atoms with Gasteiger partial charge in [0.25, 0.3) is 0 Å². The van der Waals surface area contributed by atoms with Gasteiger partial charge in [-0.05, 0) is 40.2 Å². The lowest BCUT2D eigenvalue weighted by Crippen LogP contribution is -1.94. The van der Waals surface area contributed by atoms with Gasteiger partial charge >= 0.3 is 0 Å². The van der Waals surface area contributed by atoms with E-state index in [0.29, 0.717) is 11.3 Å². The van der Waals surface area contributed by atoms with E-state index in [1.165, 1.54) is 0 Å². The summed E-state index contributed by atoms with van der Waals surface area (Å²) in [6.07, 6.45) is 2.58. The molecule has 2 heterocycles. The Hall–Kier alpha value is -1.24. The average Bonchev–Trinajstić information content (AvgIpc) is 3.05.